The molecule has 0 unspecified atom stereocenters. The maximum absolute atomic E-state index is 6.34. The second-order valence-electron chi connectivity index (χ2n) is 12.1. The van der Waals surface area contributed by atoms with Crippen LogP contribution in [-0.4, -0.2) is 34.5 Å². The Morgan fingerprint density at radius 1 is 0.418 bits per heavy atom. The predicted octanol–water partition coefficient (Wildman–Crippen LogP) is 9.57. The molecule has 0 atom stereocenters. The van der Waals surface area contributed by atoms with E-state index in [9.17, 15) is 0 Å². The van der Waals surface area contributed by atoms with Gasteiger partial charge in [0.25, 0.3) is 0 Å². The van der Waals surface area contributed by atoms with Crippen molar-refractivity contribution in [3.63, 3.8) is 0 Å². The number of pyridine rings is 4. The quantitative estimate of drug-likeness (QED) is 0.115. The molecule has 4 aromatic carbocycles. The molecule has 11 heteroatoms. The average molecular weight is 983 g/mol. The van der Waals surface area contributed by atoms with Gasteiger partial charge >= 0.3 is 41.5 Å². The zero-order chi connectivity index (χ0) is 35.1. The van der Waals surface area contributed by atoms with Crippen LogP contribution in [0, 0.1) is 24.3 Å². The van der Waals surface area contributed by atoms with Crippen molar-refractivity contribution in [2.75, 3.05) is 0 Å². The van der Waals surface area contributed by atoms with Gasteiger partial charge < -0.3 is 14.0 Å². The first kappa shape index (κ1) is 35.8. The molecule has 0 saturated heterocycles. The van der Waals surface area contributed by atoms with Crippen molar-refractivity contribution in [3.8, 4) is 51.5 Å². The van der Waals surface area contributed by atoms with Gasteiger partial charge in [-0.25, -0.2) is 9.97 Å². The van der Waals surface area contributed by atoms with Crippen molar-refractivity contribution in [1.82, 2.24) is 34.5 Å². The van der Waals surface area contributed by atoms with E-state index in [1.165, 1.54) is 0 Å². The summed E-state index contributed by atoms with van der Waals surface area (Å²) in [6.45, 7) is 0. The van der Waals surface area contributed by atoms with Gasteiger partial charge in [0.1, 0.15) is 0 Å². The number of hydrogen-bond donors (Lipinski definition) is 0. The van der Waals surface area contributed by atoms with Gasteiger partial charge in [0.2, 0.25) is 5.95 Å². The molecule has 9 nitrogen and oxygen atoms in total. The normalized spacial score (nSPS) is 11.0. The molecule has 6 aromatic heterocycles. The standard InChI is InChI=1S/C44H23N7O2.Pd.Pt/c1-6-28(36-16-18-38-40(49-36)10-3-20-45-38)24-30(8-1)52-32-12-14-34-35-15-13-33(27-43(35)51(42(34)26-32)44-47-22-5-23-48-44)53-31-9-2-7-29(25-31)37-17-19-39-41(50-37)11-4-21-46-39;;/h1-23H;;/q-4;2*+2. The van der Waals surface area contributed by atoms with Crippen LogP contribution in [0.15, 0.2) is 140 Å². The Hall–Kier alpha value is -6.17. The SMILES string of the molecule is [Pd+2].[Pt+2].[c-]1c(Oc2[c-]c3c(cc2)c2ccc(Oc4[c-]c(-c5ccc6ncccc6n5)ccc4)[c-]c2n3-c2ncccn2)cccc1-c1ccc2ncccc2n1. The van der Waals surface area contributed by atoms with E-state index in [4.69, 9.17) is 19.4 Å². The second-order valence-corrected chi connectivity index (χ2v) is 12.1. The smallest absolute Gasteiger partial charge is 0.503 e. The zero-order valence-corrected chi connectivity index (χ0v) is 32.2. The summed E-state index contributed by atoms with van der Waals surface area (Å²) >= 11 is 0. The maximum Gasteiger partial charge on any atom is 2.00 e. The largest absolute Gasteiger partial charge is 2.00 e. The summed E-state index contributed by atoms with van der Waals surface area (Å²) < 4.78 is 14.6. The van der Waals surface area contributed by atoms with E-state index in [0.29, 0.717) is 28.9 Å². The van der Waals surface area contributed by atoms with Crippen molar-refractivity contribution in [1.29, 1.82) is 0 Å². The molecule has 0 spiro atoms. The fraction of sp³-hybridized carbons (Fsp3) is 0. The summed E-state index contributed by atoms with van der Waals surface area (Å²) in [6.07, 6.45) is 6.92. The second kappa shape index (κ2) is 15.3. The molecule has 0 bridgehead atoms. The third-order valence-corrected chi connectivity index (χ3v) is 8.73. The average Bonchev–Trinajstić information content (AvgIpc) is 3.53. The number of ether oxygens (including phenoxy) is 2. The van der Waals surface area contributed by atoms with Gasteiger partial charge in [-0.2, -0.15) is 22.9 Å². The Labute approximate surface area is 343 Å². The van der Waals surface area contributed by atoms with Crippen LogP contribution in [0.25, 0.3) is 72.3 Å². The van der Waals surface area contributed by atoms with Gasteiger partial charge in [-0.05, 0) is 53.9 Å². The monoisotopic (exact) mass is 982 g/mol. The van der Waals surface area contributed by atoms with Crippen LogP contribution in [0.3, 0.4) is 0 Å². The minimum absolute atomic E-state index is 0. The molecular weight excluding hydrogens is 960 g/mol. The van der Waals surface area contributed by atoms with Crippen molar-refractivity contribution < 1.29 is 51.0 Å². The van der Waals surface area contributed by atoms with Crippen molar-refractivity contribution >= 4 is 43.9 Å². The van der Waals surface area contributed by atoms with Crippen LogP contribution in [0.4, 0.5) is 0 Å². The molecule has 6 heterocycles. The van der Waals surface area contributed by atoms with Crippen molar-refractivity contribution in [3.05, 3.63) is 164 Å². The number of benzene rings is 4. The molecule has 0 radical (unpaired) electrons. The molecule has 0 aliphatic carbocycles. The Bertz CT molecular complexity index is 2810. The molecule has 55 heavy (non-hydrogen) atoms. The Morgan fingerprint density at radius 3 is 1.40 bits per heavy atom. The van der Waals surface area contributed by atoms with E-state index < -0.39 is 0 Å². The Kier molecular flexibility index (Phi) is 9.96. The minimum atomic E-state index is 0. The molecule has 10 aromatic rings. The van der Waals surface area contributed by atoms with E-state index >= 15 is 0 Å². The van der Waals surface area contributed by atoms with E-state index in [2.05, 4.69) is 44.2 Å². The van der Waals surface area contributed by atoms with E-state index in [0.717, 1.165) is 66.4 Å². The topological polar surface area (TPSA) is 101 Å². The van der Waals surface area contributed by atoms with E-state index in [1.54, 1.807) is 30.9 Å². The molecular formula is C44H23N7O2PdPt. The summed E-state index contributed by atoms with van der Waals surface area (Å²) in [5.74, 6) is 2.53. The van der Waals surface area contributed by atoms with Crippen molar-refractivity contribution in [2.45, 2.75) is 0 Å². The van der Waals surface area contributed by atoms with Crippen LogP contribution in [0.2, 0.25) is 0 Å². The number of aromatic nitrogens is 7. The van der Waals surface area contributed by atoms with Crippen LogP contribution < -0.4 is 9.47 Å². The number of fused-ring (bicyclic) bond motifs is 5. The predicted molar refractivity (Wildman–Crippen MR) is 202 cm³/mol. The first-order valence-electron chi connectivity index (χ1n) is 16.8. The number of rotatable bonds is 7. The fourth-order valence-corrected chi connectivity index (χ4v) is 6.32. The van der Waals surface area contributed by atoms with Gasteiger partial charge in [0.15, 0.2) is 0 Å². The maximum atomic E-state index is 6.34. The third-order valence-electron chi connectivity index (χ3n) is 8.73. The molecule has 0 aliphatic heterocycles. The van der Waals surface area contributed by atoms with Crippen LogP contribution in [0.1, 0.15) is 0 Å². The molecule has 0 amide bonds. The summed E-state index contributed by atoms with van der Waals surface area (Å²) in [6, 6.07) is 50.1. The van der Waals surface area contributed by atoms with Crippen LogP contribution in [-0.2, 0) is 41.5 Å². The van der Waals surface area contributed by atoms with Gasteiger partial charge in [-0.15, -0.1) is 71.8 Å². The molecule has 0 aliphatic rings. The minimum Gasteiger partial charge on any atom is -0.503 e. The summed E-state index contributed by atoms with van der Waals surface area (Å²) in [5, 5.41) is 1.86. The summed E-state index contributed by atoms with van der Waals surface area (Å²) in [4.78, 5) is 27.4. The van der Waals surface area contributed by atoms with Crippen LogP contribution in [0.5, 0.6) is 23.0 Å². The Morgan fingerprint density at radius 2 is 0.891 bits per heavy atom. The van der Waals surface area contributed by atoms with Gasteiger partial charge in [-0.1, -0.05) is 35.3 Å². The molecule has 10 rings (SSSR count). The summed E-state index contributed by atoms with van der Waals surface area (Å²) in [5.41, 5.74) is 7.90. The molecule has 0 fully saturated rings. The first-order chi connectivity index (χ1) is 26.2. The zero-order valence-electron chi connectivity index (χ0n) is 28.4. The number of hydrogen-bond acceptors (Lipinski definition) is 8. The van der Waals surface area contributed by atoms with Gasteiger partial charge in [0.05, 0.1) is 22.1 Å². The molecule has 266 valence electrons. The van der Waals surface area contributed by atoms with Crippen molar-refractivity contribution in [2.24, 2.45) is 0 Å². The first-order valence-corrected chi connectivity index (χ1v) is 16.8. The summed E-state index contributed by atoms with van der Waals surface area (Å²) in [7, 11) is 0. The van der Waals surface area contributed by atoms with Crippen LogP contribution >= 0.6 is 0 Å². The molecule has 0 saturated carbocycles. The van der Waals surface area contributed by atoms with Gasteiger partial charge in [-0.3, -0.25) is 19.9 Å². The molecule has 0 N–H and O–H groups in total. The fourth-order valence-electron chi connectivity index (χ4n) is 6.32. The van der Waals surface area contributed by atoms with Gasteiger partial charge in [0, 0.05) is 47.8 Å². The van der Waals surface area contributed by atoms with E-state index in [-0.39, 0.29) is 41.5 Å². The Balaban J connectivity index is 0.00000214. The third kappa shape index (κ3) is 7.00. The number of nitrogens with zero attached hydrogens (tertiary/aromatic N) is 7. The van der Waals surface area contributed by atoms with E-state index in [1.807, 2.05) is 114 Å².